The van der Waals surface area contributed by atoms with E-state index < -0.39 is 0 Å². The van der Waals surface area contributed by atoms with Crippen LogP contribution in [-0.4, -0.2) is 10.8 Å². The first-order chi connectivity index (χ1) is 10.2. The van der Waals surface area contributed by atoms with E-state index in [0.29, 0.717) is 5.56 Å². The fourth-order valence-electron chi connectivity index (χ4n) is 2.65. The topological polar surface area (TPSA) is 30.0 Å². The molecule has 1 aliphatic rings. The van der Waals surface area contributed by atoms with Crippen molar-refractivity contribution in [3.8, 4) is 0 Å². The molecule has 1 saturated carbocycles. The number of fused-ring (bicyclic) bond motifs is 1. The molecule has 0 saturated heterocycles. The van der Waals surface area contributed by atoms with E-state index in [1.807, 2.05) is 69.9 Å². The number of ketones is 1. The van der Waals surface area contributed by atoms with E-state index in [4.69, 9.17) is 0 Å². The van der Waals surface area contributed by atoms with Gasteiger partial charge in [0.2, 0.25) is 0 Å². The molecule has 0 amide bonds. The van der Waals surface area contributed by atoms with E-state index in [9.17, 15) is 4.79 Å². The van der Waals surface area contributed by atoms with Gasteiger partial charge >= 0.3 is 0 Å². The smallest absolute Gasteiger partial charge is 0.187 e. The molecule has 0 atom stereocenters. The number of aromatic nitrogens is 1. The molecular weight excluding hydrogens is 258 g/mol. The molecule has 103 valence electrons. The number of allylic oxidation sites excluding steroid dienone is 2. The second-order valence-corrected chi connectivity index (χ2v) is 5.13. The van der Waals surface area contributed by atoms with Gasteiger partial charge in [-0.3, -0.25) is 9.78 Å². The minimum Gasteiger partial charge on any atom is -0.289 e. The maximum atomic E-state index is 12.5. The normalized spacial score (nSPS) is 16.1. The summed E-state index contributed by atoms with van der Waals surface area (Å²) in [5, 5.41) is 1.04. The second-order valence-electron chi connectivity index (χ2n) is 5.13. The van der Waals surface area contributed by atoms with E-state index in [1.165, 1.54) is 0 Å². The molecule has 1 aromatic carbocycles. The number of nitrogens with zero attached hydrogens (tertiary/aromatic N) is 1. The first-order valence-corrected chi connectivity index (χ1v) is 6.97. The Hall–Kier alpha value is -1.96. The SMILES string of the molecule is Cc1nc2ccccc2c(C)c1C(=O)/C=C/[C]1[CH][CH][CH][CH]1. The fraction of sp³-hybridized carbons (Fsp3) is 0.105. The lowest BCUT2D eigenvalue weighted by atomic mass is 9.97. The third-order valence-corrected chi connectivity index (χ3v) is 3.70. The number of rotatable bonds is 3. The van der Waals surface area contributed by atoms with Crippen LogP contribution in [0.2, 0.25) is 0 Å². The summed E-state index contributed by atoms with van der Waals surface area (Å²) in [6.45, 7) is 3.88. The van der Waals surface area contributed by atoms with Crippen molar-refractivity contribution in [2.45, 2.75) is 13.8 Å². The summed E-state index contributed by atoms with van der Waals surface area (Å²) < 4.78 is 0. The predicted octanol–water partition coefficient (Wildman–Crippen LogP) is 4.00. The van der Waals surface area contributed by atoms with E-state index >= 15 is 0 Å². The fourth-order valence-corrected chi connectivity index (χ4v) is 2.65. The average molecular weight is 274 g/mol. The minimum absolute atomic E-state index is 0.00412. The summed E-state index contributed by atoms with van der Waals surface area (Å²) in [5.41, 5.74) is 3.42. The Bertz CT molecular complexity index is 709. The average Bonchev–Trinajstić information content (AvgIpc) is 2.98. The quantitative estimate of drug-likeness (QED) is 0.625. The second kappa shape index (κ2) is 5.80. The molecule has 21 heavy (non-hydrogen) atoms. The third kappa shape index (κ3) is 2.76. The number of para-hydroxylation sites is 1. The summed E-state index contributed by atoms with van der Waals surface area (Å²) in [7, 11) is 0. The van der Waals surface area contributed by atoms with Gasteiger partial charge in [0, 0.05) is 22.6 Å². The molecule has 1 aliphatic carbocycles. The maximum Gasteiger partial charge on any atom is 0.187 e. The predicted molar refractivity (Wildman–Crippen MR) is 85.1 cm³/mol. The van der Waals surface area contributed by atoms with E-state index in [-0.39, 0.29) is 5.78 Å². The molecule has 1 heterocycles. The molecule has 0 unspecified atom stereocenters. The van der Waals surface area contributed by atoms with Gasteiger partial charge in [-0.1, -0.05) is 24.3 Å². The van der Waals surface area contributed by atoms with Crippen LogP contribution in [0.1, 0.15) is 21.6 Å². The summed E-state index contributed by atoms with van der Waals surface area (Å²) in [6.07, 6.45) is 11.3. The first kappa shape index (κ1) is 14.0. The molecule has 0 spiro atoms. The summed E-state index contributed by atoms with van der Waals surface area (Å²) in [5.74, 6) is 1.04. The van der Waals surface area contributed by atoms with Crippen molar-refractivity contribution in [1.29, 1.82) is 0 Å². The number of benzene rings is 1. The Morgan fingerprint density at radius 1 is 1.10 bits per heavy atom. The molecule has 2 aromatic rings. The lowest BCUT2D eigenvalue weighted by molar-refractivity contribution is 0.104. The highest BCUT2D eigenvalue weighted by atomic mass is 16.1. The molecule has 2 nitrogen and oxygen atoms in total. The summed E-state index contributed by atoms with van der Waals surface area (Å²) in [6, 6.07) is 7.92. The molecule has 0 N–H and O–H groups in total. The molecule has 2 heteroatoms. The van der Waals surface area contributed by atoms with Crippen LogP contribution in [0.25, 0.3) is 10.9 Å². The van der Waals surface area contributed by atoms with Gasteiger partial charge in [0.15, 0.2) is 5.78 Å². The molecule has 0 aliphatic heterocycles. The molecule has 5 radical (unpaired) electrons. The molecule has 1 fully saturated rings. The van der Waals surface area contributed by atoms with Crippen molar-refractivity contribution in [3.63, 3.8) is 0 Å². The summed E-state index contributed by atoms with van der Waals surface area (Å²) in [4.78, 5) is 17.0. The van der Waals surface area contributed by atoms with Crippen LogP contribution in [0.5, 0.6) is 0 Å². The van der Waals surface area contributed by atoms with Crippen molar-refractivity contribution in [2.24, 2.45) is 0 Å². The number of pyridine rings is 1. The Labute approximate surface area is 125 Å². The highest BCUT2D eigenvalue weighted by Crippen LogP contribution is 2.26. The van der Waals surface area contributed by atoms with Crippen LogP contribution in [0.15, 0.2) is 36.4 Å². The monoisotopic (exact) mass is 274 g/mol. The standard InChI is InChI=1S/C19H16NO/c1-13-16-9-5-6-10-17(16)20-14(2)19(13)18(21)12-11-15-7-3-4-8-15/h3-12H,1-2H3/b12-11+. The van der Waals surface area contributed by atoms with Gasteiger partial charge in [-0.25, -0.2) is 0 Å². The van der Waals surface area contributed by atoms with Gasteiger partial charge in [-0.05, 0) is 57.2 Å². The van der Waals surface area contributed by atoms with Crippen LogP contribution in [0.4, 0.5) is 0 Å². The van der Waals surface area contributed by atoms with E-state index in [1.54, 1.807) is 6.08 Å². The third-order valence-electron chi connectivity index (χ3n) is 3.70. The Morgan fingerprint density at radius 3 is 2.57 bits per heavy atom. The van der Waals surface area contributed by atoms with Crippen molar-refractivity contribution < 1.29 is 4.79 Å². The lowest BCUT2D eigenvalue weighted by Gasteiger charge is -2.10. The van der Waals surface area contributed by atoms with Gasteiger partial charge < -0.3 is 0 Å². The van der Waals surface area contributed by atoms with Gasteiger partial charge in [0.05, 0.1) is 5.52 Å². The highest BCUT2D eigenvalue weighted by Gasteiger charge is 2.17. The Balaban J connectivity index is 1.97. The molecule has 3 rings (SSSR count). The van der Waals surface area contributed by atoms with Crippen molar-refractivity contribution in [1.82, 2.24) is 4.98 Å². The van der Waals surface area contributed by atoms with E-state index in [2.05, 4.69) is 4.98 Å². The number of aryl methyl sites for hydroxylation is 2. The Kier molecular flexibility index (Phi) is 3.87. The van der Waals surface area contributed by atoms with Crippen LogP contribution in [0.3, 0.4) is 0 Å². The zero-order chi connectivity index (χ0) is 14.8. The van der Waals surface area contributed by atoms with Crippen LogP contribution < -0.4 is 0 Å². The van der Waals surface area contributed by atoms with Crippen LogP contribution in [-0.2, 0) is 0 Å². The summed E-state index contributed by atoms with van der Waals surface area (Å²) >= 11 is 0. The van der Waals surface area contributed by atoms with Crippen molar-refractivity contribution >= 4 is 16.7 Å². The Morgan fingerprint density at radius 2 is 1.81 bits per heavy atom. The zero-order valence-electron chi connectivity index (χ0n) is 12.1. The maximum absolute atomic E-state index is 12.5. The van der Waals surface area contributed by atoms with Gasteiger partial charge in [0.25, 0.3) is 0 Å². The number of hydrogen-bond acceptors (Lipinski definition) is 2. The molecular formula is C19H16NO. The highest BCUT2D eigenvalue weighted by molar-refractivity contribution is 6.09. The van der Waals surface area contributed by atoms with Crippen molar-refractivity contribution in [3.05, 3.63) is 84.8 Å². The van der Waals surface area contributed by atoms with Gasteiger partial charge in [0.1, 0.15) is 0 Å². The van der Waals surface area contributed by atoms with Crippen LogP contribution in [0, 0.1) is 45.4 Å². The lowest BCUT2D eigenvalue weighted by Crippen LogP contribution is -2.05. The number of carbonyl (C=O) groups excluding carboxylic acids is 1. The number of carbonyl (C=O) groups is 1. The number of hydrogen-bond donors (Lipinski definition) is 0. The van der Waals surface area contributed by atoms with Crippen molar-refractivity contribution in [2.75, 3.05) is 0 Å². The minimum atomic E-state index is 0.00412. The van der Waals surface area contributed by atoms with Gasteiger partial charge in [-0.2, -0.15) is 0 Å². The molecule has 0 bridgehead atoms. The molecule has 1 aromatic heterocycles. The van der Waals surface area contributed by atoms with Crippen LogP contribution >= 0.6 is 0 Å². The van der Waals surface area contributed by atoms with Gasteiger partial charge in [-0.15, -0.1) is 0 Å². The largest absolute Gasteiger partial charge is 0.289 e. The zero-order valence-corrected chi connectivity index (χ0v) is 12.1. The first-order valence-electron chi connectivity index (χ1n) is 6.97. The van der Waals surface area contributed by atoms with E-state index in [0.717, 1.165) is 28.1 Å².